The Hall–Kier alpha value is -1.26. The van der Waals surface area contributed by atoms with Gasteiger partial charge in [-0.15, -0.1) is 0 Å². The lowest BCUT2D eigenvalue weighted by atomic mass is 10.2. The van der Waals surface area contributed by atoms with Gasteiger partial charge in [-0.25, -0.2) is 0 Å². The van der Waals surface area contributed by atoms with Crippen molar-refractivity contribution in [2.75, 3.05) is 25.5 Å². The van der Waals surface area contributed by atoms with Gasteiger partial charge in [0, 0.05) is 36.0 Å². The van der Waals surface area contributed by atoms with E-state index in [1.165, 1.54) is 0 Å². The van der Waals surface area contributed by atoms with Crippen molar-refractivity contribution in [3.63, 3.8) is 0 Å². The van der Waals surface area contributed by atoms with Crippen LogP contribution in [0.15, 0.2) is 18.2 Å². The van der Waals surface area contributed by atoms with Crippen molar-refractivity contribution in [2.24, 2.45) is 0 Å². The first kappa shape index (κ1) is 14.8. The molecule has 1 aromatic carbocycles. The van der Waals surface area contributed by atoms with Crippen LogP contribution in [0.25, 0.3) is 0 Å². The number of hydrogen-bond donors (Lipinski definition) is 2. The molecule has 100 valence electrons. The molecular formula is C13H19ClN2O2. The summed E-state index contributed by atoms with van der Waals surface area (Å²) in [7, 11) is 0. The van der Waals surface area contributed by atoms with E-state index < -0.39 is 0 Å². The standard InChI is InChI=1S/C13H19ClN2O2/c1-2-5-18-6-3-4-16-13(17)10-7-11(14)9-12(15)8-10/h7-9H,2-6,15H2,1H3,(H,16,17). The average Bonchev–Trinajstić information content (AvgIpc) is 2.32. The number of nitrogens with two attached hydrogens (primary N) is 1. The fourth-order valence-electron chi connectivity index (χ4n) is 1.47. The van der Waals surface area contributed by atoms with Crippen molar-refractivity contribution in [3.8, 4) is 0 Å². The van der Waals surface area contributed by atoms with E-state index in [9.17, 15) is 4.79 Å². The lowest BCUT2D eigenvalue weighted by Crippen LogP contribution is -2.25. The molecule has 0 saturated heterocycles. The zero-order chi connectivity index (χ0) is 13.4. The number of carbonyl (C=O) groups excluding carboxylic acids is 1. The van der Waals surface area contributed by atoms with E-state index >= 15 is 0 Å². The molecule has 1 rings (SSSR count). The monoisotopic (exact) mass is 270 g/mol. The van der Waals surface area contributed by atoms with Crippen molar-refractivity contribution in [2.45, 2.75) is 19.8 Å². The van der Waals surface area contributed by atoms with Gasteiger partial charge in [-0.2, -0.15) is 0 Å². The quantitative estimate of drug-likeness (QED) is 0.591. The van der Waals surface area contributed by atoms with E-state index in [1.807, 2.05) is 0 Å². The molecule has 0 aliphatic carbocycles. The average molecular weight is 271 g/mol. The molecular weight excluding hydrogens is 252 g/mol. The molecule has 18 heavy (non-hydrogen) atoms. The van der Waals surface area contributed by atoms with E-state index in [1.54, 1.807) is 18.2 Å². The number of carbonyl (C=O) groups is 1. The first-order valence-corrected chi connectivity index (χ1v) is 6.43. The molecule has 0 atom stereocenters. The highest BCUT2D eigenvalue weighted by Gasteiger charge is 2.06. The maximum atomic E-state index is 11.8. The fourth-order valence-corrected chi connectivity index (χ4v) is 1.71. The van der Waals surface area contributed by atoms with Gasteiger partial charge in [0.15, 0.2) is 0 Å². The van der Waals surface area contributed by atoms with Gasteiger partial charge in [0.2, 0.25) is 0 Å². The Morgan fingerprint density at radius 2 is 2.17 bits per heavy atom. The molecule has 0 unspecified atom stereocenters. The zero-order valence-corrected chi connectivity index (χ0v) is 11.3. The Bertz CT molecular complexity index is 376. The normalized spacial score (nSPS) is 10.3. The topological polar surface area (TPSA) is 64.3 Å². The van der Waals surface area contributed by atoms with E-state index in [2.05, 4.69) is 12.2 Å². The number of rotatable bonds is 7. The van der Waals surface area contributed by atoms with Crippen LogP contribution in [0, 0.1) is 0 Å². The molecule has 0 aromatic heterocycles. The molecule has 0 aliphatic rings. The van der Waals surface area contributed by atoms with E-state index in [-0.39, 0.29) is 5.91 Å². The first-order chi connectivity index (χ1) is 8.63. The highest BCUT2D eigenvalue weighted by atomic mass is 35.5. The largest absolute Gasteiger partial charge is 0.399 e. The van der Waals surface area contributed by atoms with E-state index in [4.69, 9.17) is 22.1 Å². The van der Waals surface area contributed by atoms with Crippen molar-refractivity contribution >= 4 is 23.2 Å². The lowest BCUT2D eigenvalue weighted by Gasteiger charge is -2.07. The third kappa shape index (κ3) is 5.38. The third-order valence-electron chi connectivity index (χ3n) is 2.28. The summed E-state index contributed by atoms with van der Waals surface area (Å²) in [5, 5.41) is 3.26. The maximum absolute atomic E-state index is 11.8. The van der Waals surface area contributed by atoms with Gasteiger partial charge in [-0.05, 0) is 31.0 Å². The highest BCUT2D eigenvalue weighted by molar-refractivity contribution is 6.31. The summed E-state index contributed by atoms with van der Waals surface area (Å²) in [6, 6.07) is 4.81. The number of nitrogen functional groups attached to an aromatic ring is 1. The van der Waals surface area contributed by atoms with Crippen molar-refractivity contribution in [1.29, 1.82) is 0 Å². The molecule has 3 N–H and O–H groups in total. The summed E-state index contributed by atoms with van der Waals surface area (Å²) in [5.41, 5.74) is 6.59. The second-order valence-electron chi connectivity index (χ2n) is 4.00. The first-order valence-electron chi connectivity index (χ1n) is 6.05. The number of ether oxygens (including phenoxy) is 1. The Kier molecular flexibility index (Phi) is 6.54. The molecule has 0 fully saturated rings. The van der Waals surface area contributed by atoms with Crippen molar-refractivity contribution in [1.82, 2.24) is 5.32 Å². The summed E-state index contributed by atoms with van der Waals surface area (Å²) >= 11 is 5.83. The van der Waals surface area contributed by atoms with Crippen LogP contribution in [0.4, 0.5) is 5.69 Å². The molecule has 0 aliphatic heterocycles. The minimum Gasteiger partial charge on any atom is -0.399 e. The Balaban J connectivity index is 2.32. The van der Waals surface area contributed by atoms with Crippen LogP contribution in [0.3, 0.4) is 0 Å². The van der Waals surface area contributed by atoms with E-state index in [0.29, 0.717) is 29.4 Å². The number of benzene rings is 1. The predicted molar refractivity (Wildman–Crippen MR) is 73.9 cm³/mol. The van der Waals surface area contributed by atoms with Gasteiger partial charge in [-0.3, -0.25) is 4.79 Å². The number of halogens is 1. The molecule has 0 bridgehead atoms. The fraction of sp³-hybridized carbons (Fsp3) is 0.462. The van der Waals surface area contributed by atoms with Crippen LogP contribution >= 0.6 is 11.6 Å². The van der Waals surface area contributed by atoms with Gasteiger partial charge in [-0.1, -0.05) is 18.5 Å². The summed E-state index contributed by atoms with van der Waals surface area (Å²) in [6.07, 6.45) is 1.80. The molecule has 0 saturated carbocycles. The van der Waals surface area contributed by atoms with Gasteiger partial charge >= 0.3 is 0 Å². The van der Waals surface area contributed by atoms with E-state index in [0.717, 1.165) is 19.4 Å². The molecule has 0 spiro atoms. The van der Waals surface area contributed by atoms with Gasteiger partial charge in [0.1, 0.15) is 0 Å². The number of amides is 1. The number of hydrogen-bond acceptors (Lipinski definition) is 3. The zero-order valence-electron chi connectivity index (χ0n) is 10.5. The second kappa shape index (κ2) is 7.95. The van der Waals surface area contributed by atoms with Crippen LogP contribution in [0.2, 0.25) is 5.02 Å². The number of nitrogens with one attached hydrogen (secondary N) is 1. The van der Waals surface area contributed by atoms with Crippen LogP contribution in [-0.4, -0.2) is 25.7 Å². The van der Waals surface area contributed by atoms with Crippen LogP contribution in [0.1, 0.15) is 30.1 Å². The molecule has 5 heteroatoms. The summed E-state index contributed by atoms with van der Waals surface area (Å²) in [5.74, 6) is -0.167. The van der Waals surface area contributed by atoms with Crippen molar-refractivity contribution in [3.05, 3.63) is 28.8 Å². The molecule has 0 heterocycles. The van der Waals surface area contributed by atoms with Gasteiger partial charge in [0.05, 0.1) is 0 Å². The summed E-state index contributed by atoms with van der Waals surface area (Å²) in [6.45, 7) is 4.06. The Labute approximate surface area is 112 Å². The van der Waals surface area contributed by atoms with Crippen LogP contribution in [-0.2, 0) is 4.74 Å². The lowest BCUT2D eigenvalue weighted by molar-refractivity contribution is 0.0941. The minimum absolute atomic E-state index is 0.167. The van der Waals surface area contributed by atoms with Crippen LogP contribution in [0.5, 0.6) is 0 Å². The third-order valence-corrected chi connectivity index (χ3v) is 2.50. The predicted octanol–water partition coefficient (Wildman–Crippen LogP) is 2.47. The molecule has 1 aromatic rings. The smallest absolute Gasteiger partial charge is 0.251 e. The summed E-state index contributed by atoms with van der Waals surface area (Å²) in [4.78, 5) is 11.8. The number of anilines is 1. The Morgan fingerprint density at radius 1 is 1.39 bits per heavy atom. The second-order valence-corrected chi connectivity index (χ2v) is 4.43. The highest BCUT2D eigenvalue weighted by Crippen LogP contribution is 2.16. The minimum atomic E-state index is -0.167. The molecule has 0 radical (unpaired) electrons. The maximum Gasteiger partial charge on any atom is 0.251 e. The van der Waals surface area contributed by atoms with Crippen molar-refractivity contribution < 1.29 is 9.53 Å². The summed E-state index contributed by atoms with van der Waals surface area (Å²) < 4.78 is 5.32. The van der Waals surface area contributed by atoms with Gasteiger partial charge < -0.3 is 15.8 Å². The molecule has 1 amide bonds. The van der Waals surface area contributed by atoms with Gasteiger partial charge in [0.25, 0.3) is 5.91 Å². The Morgan fingerprint density at radius 3 is 2.83 bits per heavy atom. The molecule has 4 nitrogen and oxygen atoms in total. The SMILES string of the molecule is CCCOCCCNC(=O)c1cc(N)cc(Cl)c1. The van der Waals surface area contributed by atoms with Crippen LogP contribution < -0.4 is 11.1 Å².